The molecule has 2 N–H and O–H groups in total. The molecule has 1 heterocycles. The average Bonchev–Trinajstić information content (AvgIpc) is 3.04. The lowest BCUT2D eigenvalue weighted by Gasteiger charge is -2.13. The van der Waals surface area contributed by atoms with Gasteiger partial charge in [-0.1, -0.05) is 72.0 Å². The van der Waals surface area contributed by atoms with Crippen LogP contribution in [0, 0.1) is 0 Å². The van der Waals surface area contributed by atoms with E-state index in [1.54, 1.807) is 0 Å². The zero-order valence-electron chi connectivity index (χ0n) is 14.1. The number of thiazole rings is 1. The molecule has 0 atom stereocenters. The highest BCUT2D eigenvalue weighted by Crippen LogP contribution is 2.36. The molecule has 0 bridgehead atoms. The smallest absolute Gasteiger partial charge is 0.181 e. The minimum Gasteiger partial charge on any atom is -0.485 e. The summed E-state index contributed by atoms with van der Waals surface area (Å²) in [5, 5.41) is 0.536. The Morgan fingerprint density at radius 3 is 1.88 bits per heavy atom. The summed E-state index contributed by atoms with van der Waals surface area (Å²) in [6.07, 6.45) is 0. The average molecular weight is 362 g/mol. The van der Waals surface area contributed by atoms with E-state index in [9.17, 15) is 0 Å². The van der Waals surface area contributed by atoms with Gasteiger partial charge in [0, 0.05) is 12.1 Å². The molecule has 0 saturated carbocycles. The molecule has 0 aliphatic carbocycles. The van der Waals surface area contributed by atoms with Gasteiger partial charge in [0.1, 0.15) is 13.2 Å². The van der Waals surface area contributed by atoms with Crippen LogP contribution >= 0.6 is 11.3 Å². The van der Waals surface area contributed by atoms with E-state index in [-0.39, 0.29) is 0 Å². The summed E-state index contributed by atoms with van der Waals surface area (Å²) >= 11 is 1.44. The number of rotatable bonds is 6. The van der Waals surface area contributed by atoms with Gasteiger partial charge in [-0.25, -0.2) is 4.98 Å². The lowest BCUT2D eigenvalue weighted by atomic mass is 10.2. The van der Waals surface area contributed by atoms with E-state index >= 15 is 0 Å². The molecule has 0 fully saturated rings. The van der Waals surface area contributed by atoms with Gasteiger partial charge in [-0.05, 0) is 11.1 Å². The van der Waals surface area contributed by atoms with Crippen LogP contribution in [0.4, 0.5) is 5.13 Å². The zero-order valence-corrected chi connectivity index (χ0v) is 14.9. The summed E-state index contributed by atoms with van der Waals surface area (Å²) in [6, 6.07) is 23.9. The lowest BCUT2D eigenvalue weighted by Crippen LogP contribution is -2.00. The molecule has 130 valence electrons. The summed E-state index contributed by atoms with van der Waals surface area (Å²) < 4.78 is 13.1. The highest BCUT2D eigenvalue weighted by molar-refractivity contribution is 7.22. The standard InChI is InChI=1S/C21H18N2O2S/c22-21-23-17-11-18(24-13-15-7-3-1-4-8-15)19(12-20(17)26-21)25-14-16-9-5-2-6-10-16/h1-12H,13-14H2,(H2,22,23). The van der Waals surface area contributed by atoms with Gasteiger partial charge in [0.25, 0.3) is 0 Å². The predicted octanol–water partition coefficient (Wildman–Crippen LogP) is 5.04. The van der Waals surface area contributed by atoms with E-state index < -0.39 is 0 Å². The van der Waals surface area contributed by atoms with Gasteiger partial charge in [-0.3, -0.25) is 0 Å². The van der Waals surface area contributed by atoms with E-state index in [4.69, 9.17) is 15.2 Å². The van der Waals surface area contributed by atoms with Crippen molar-refractivity contribution < 1.29 is 9.47 Å². The Kier molecular flexibility index (Phi) is 4.71. The first-order valence-electron chi connectivity index (χ1n) is 8.31. The number of nitrogens with two attached hydrogens (primary N) is 1. The molecule has 0 spiro atoms. The fourth-order valence-corrected chi connectivity index (χ4v) is 3.39. The Morgan fingerprint density at radius 2 is 1.31 bits per heavy atom. The summed E-state index contributed by atoms with van der Waals surface area (Å²) in [5.74, 6) is 1.36. The number of nitrogen functional groups attached to an aromatic ring is 1. The molecule has 4 nitrogen and oxygen atoms in total. The first kappa shape index (κ1) is 16.4. The highest BCUT2D eigenvalue weighted by Gasteiger charge is 2.12. The first-order valence-corrected chi connectivity index (χ1v) is 9.13. The Balaban J connectivity index is 1.60. The lowest BCUT2D eigenvalue weighted by molar-refractivity contribution is 0.256. The Hall–Kier alpha value is -3.05. The Morgan fingerprint density at radius 1 is 0.769 bits per heavy atom. The Bertz CT molecular complexity index is 920. The number of ether oxygens (including phenoxy) is 2. The molecule has 0 amide bonds. The summed E-state index contributed by atoms with van der Waals surface area (Å²) in [5.41, 5.74) is 8.87. The third-order valence-corrected chi connectivity index (χ3v) is 4.79. The molecule has 0 radical (unpaired) electrons. The van der Waals surface area contributed by atoms with E-state index in [1.165, 1.54) is 11.3 Å². The molecular formula is C21H18N2O2S. The van der Waals surface area contributed by atoms with Crippen LogP contribution in [-0.4, -0.2) is 4.98 Å². The van der Waals surface area contributed by atoms with Crippen molar-refractivity contribution >= 4 is 26.7 Å². The quantitative estimate of drug-likeness (QED) is 0.522. The second-order valence-corrected chi connectivity index (χ2v) is 6.93. The second-order valence-electron chi connectivity index (χ2n) is 5.87. The maximum Gasteiger partial charge on any atom is 0.181 e. The molecule has 5 heteroatoms. The predicted molar refractivity (Wildman–Crippen MR) is 106 cm³/mol. The minimum absolute atomic E-state index is 0.466. The van der Waals surface area contributed by atoms with Crippen molar-refractivity contribution in [3.63, 3.8) is 0 Å². The topological polar surface area (TPSA) is 57.4 Å². The van der Waals surface area contributed by atoms with Crippen LogP contribution in [0.1, 0.15) is 11.1 Å². The summed E-state index contributed by atoms with van der Waals surface area (Å²) in [7, 11) is 0. The van der Waals surface area contributed by atoms with Crippen molar-refractivity contribution in [2.45, 2.75) is 13.2 Å². The van der Waals surface area contributed by atoms with Gasteiger partial charge in [0.2, 0.25) is 0 Å². The van der Waals surface area contributed by atoms with Gasteiger partial charge in [0.15, 0.2) is 16.6 Å². The van der Waals surface area contributed by atoms with Gasteiger partial charge in [0.05, 0.1) is 10.2 Å². The number of hydrogen-bond donors (Lipinski definition) is 1. The molecule has 1 aromatic heterocycles. The summed E-state index contributed by atoms with van der Waals surface area (Å²) in [4.78, 5) is 4.35. The van der Waals surface area contributed by atoms with Crippen LogP contribution < -0.4 is 15.2 Å². The van der Waals surface area contributed by atoms with Crippen LogP contribution in [0.25, 0.3) is 10.2 Å². The van der Waals surface area contributed by atoms with Crippen LogP contribution in [0.5, 0.6) is 11.5 Å². The molecule has 0 unspecified atom stereocenters. The Labute approximate surface area is 155 Å². The van der Waals surface area contributed by atoms with Crippen molar-refractivity contribution in [3.8, 4) is 11.5 Å². The molecule has 3 aromatic carbocycles. The molecule has 0 aliphatic rings. The largest absolute Gasteiger partial charge is 0.485 e. The third-order valence-electron chi connectivity index (χ3n) is 3.94. The van der Waals surface area contributed by atoms with E-state index in [2.05, 4.69) is 4.98 Å². The number of anilines is 1. The fraction of sp³-hybridized carbons (Fsp3) is 0.0952. The fourth-order valence-electron chi connectivity index (χ4n) is 2.65. The number of benzene rings is 3. The van der Waals surface area contributed by atoms with E-state index in [1.807, 2.05) is 72.8 Å². The maximum absolute atomic E-state index is 6.04. The van der Waals surface area contributed by atoms with Gasteiger partial charge < -0.3 is 15.2 Å². The number of fused-ring (bicyclic) bond motifs is 1. The van der Waals surface area contributed by atoms with Crippen molar-refractivity contribution in [1.29, 1.82) is 0 Å². The van der Waals surface area contributed by atoms with Crippen LogP contribution in [0.3, 0.4) is 0 Å². The number of aromatic nitrogens is 1. The molecule has 0 saturated heterocycles. The molecule has 0 aliphatic heterocycles. The molecule has 26 heavy (non-hydrogen) atoms. The van der Waals surface area contributed by atoms with Crippen molar-refractivity contribution in [3.05, 3.63) is 83.9 Å². The van der Waals surface area contributed by atoms with Gasteiger partial charge in [-0.15, -0.1) is 0 Å². The van der Waals surface area contributed by atoms with Crippen molar-refractivity contribution in [1.82, 2.24) is 4.98 Å². The van der Waals surface area contributed by atoms with Crippen LogP contribution in [-0.2, 0) is 13.2 Å². The third kappa shape index (κ3) is 3.78. The molecular weight excluding hydrogens is 344 g/mol. The van der Waals surface area contributed by atoms with E-state index in [0.29, 0.717) is 29.8 Å². The number of hydrogen-bond acceptors (Lipinski definition) is 5. The van der Waals surface area contributed by atoms with Gasteiger partial charge in [-0.2, -0.15) is 0 Å². The maximum atomic E-state index is 6.04. The highest BCUT2D eigenvalue weighted by atomic mass is 32.1. The SMILES string of the molecule is Nc1nc2cc(OCc3ccccc3)c(OCc3ccccc3)cc2s1. The first-order chi connectivity index (χ1) is 12.8. The molecule has 4 aromatic rings. The number of nitrogens with zero attached hydrogens (tertiary/aromatic N) is 1. The minimum atomic E-state index is 0.466. The zero-order chi connectivity index (χ0) is 17.8. The molecule has 4 rings (SSSR count). The van der Waals surface area contributed by atoms with Crippen molar-refractivity contribution in [2.75, 3.05) is 5.73 Å². The van der Waals surface area contributed by atoms with Gasteiger partial charge >= 0.3 is 0 Å². The monoisotopic (exact) mass is 362 g/mol. The second kappa shape index (κ2) is 7.45. The normalized spacial score (nSPS) is 10.8. The van der Waals surface area contributed by atoms with E-state index in [0.717, 1.165) is 21.3 Å². The van der Waals surface area contributed by atoms with Crippen LogP contribution in [0.15, 0.2) is 72.8 Å². The van der Waals surface area contributed by atoms with Crippen molar-refractivity contribution in [2.24, 2.45) is 0 Å². The van der Waals surface area contributed by atoms with Crippen LogP contribution in [0.2, 0.25) is 0 Å². The summed E-state index contributed by atoms with van der Waals surface area (Å²) in [6.45, 7) is 0.940.